The summed E-state index contributed by atoms with van der Waals surface area (Å²) in [4.78, 5) is 16.6. The minimum atomic E-state index is -0.304. The first kappa shape index (κ1) is 13.9. The first-order valence-corrected chi connectivity index (χ1v) is 6.81. The van der Waals surface area contributed by atoms with Gasteiger partial charge < -0.3 is 9.30 Å². The zero-order valence-corrected chi connectivity index (χ0v) is 12.3. The van der Waals surface area contributed by atoms with Crippen LogP contribution in [0, 0.1) is 11.8 Å². The summed E-state index contributed by atoms with van der Waals surface area (Å²) in [6.45, 7) is 0. The van der Waals surface area contributed by atoms with Crippen molar-refractivity contribution in [3.63, 3.8) is 0 Å². The van der Waals surface area contributed by atoms with E-state index >= 15 is 0 Å². The van der Waals surface area contributed by atoms with Gasteiger partial charge in [-0.2, -0.15) is 0 Å². The number of ether oxygens (including phenoxy) is 1. The maximum atomic E-state index is 12.3. The van der Waals surface area contributed by atoms with E-state index < -0.39 is 0 Å². The summed E-state index contributed by atoms with van der Waals surface area (Å²) in [5.41, 5.74) is 2.43. The average Bonchev–Trinajstić information content (AvgIpc) is 2.90. The molecule has 1 aromatic heterocycles. The molecular weight excluding hydrogens is 276 g/mol. The number of para-hydroxylation sites is 2. The van der Waals surface area contributed by atoms with E-state index in [0.717, 1.165) is 16.6 Å². The zero-order valence-electron chi connectivity index (χ0n) is 12.3. The number of ketones is 1. The Balaban J connectivity index is 1.94. The quantitative estimate of drug-likeness (QED) is 0.538. The number of benzene rings is 2. The number of imidazole rings is 1. The fourth-order valence-corrected chi connectivity index (χ4v) is 2.23. The number of carbonyl (C=O) groups is 1. The molecule has 4 nitrogen and oxygen atoms in total. The molecule has 4 heteroatoms. The number of rotatable bonds is 2. The fraction of sp³-hybridized carbons (Fsp3) is 0.111. The predicted molar refractivity (Wildman–Crippen MR) is 84.9 cm³/mol. The highest BCUT2D eigenvalue weighted by Crippen LogP contribution is 2.15. The smallest absolute Gasteiger partial charge is 0.271 e. The average molecular weight is 290 g/mol. The van der Waals surface area contributed by atoms with Crippen molar-refractivity contribution < 1.29 is 9.53 Å². The van der Waals surface area contributed by atoms with Gasteiger partial charge in [-0.05, 0) is 36.3 Å². The molecule has 0 bridgehead atoms. The van der Waals surface area contributed by atoms with E-state index in [2.05, 4.69) is 16.8 Å². The summed E-state index contributed by atoms with van der Waals surface area (Å²) >= 11 is 0. The van der Waals surface area contributed by atoms with Gasteiger partial charge in [-0.15, -0.1) is 0 Å². The number of hydrogen-bond donors (Lipinski definition) is 0. The molecule has 0 amide bonds. The van der Waals surface area contributed by atoms with E-state index in [0.29, 0.717) is 11.6 Å². The molecule has 0 aliphatic heterocycles. The lowest BCUT2D eigenvalue weighted by Crippen LogP contribution is -2.05. The van der Waals surface area contributed by atoms with Gasteiger partial charge in [-0.3, -0.25) is 4.79 Å². The molecule has 108 valence electrons. The third-order valence-corrected chi connectivity index (χ3v) is 3.38. The number of fused-ring (bicyclic) bond motifs is 1. The van der Waals surface area contributed by atoms with Gasteiger partial charge in [0.2, 0.25) is 0 Å². The largest absolute Gasteiger partial charge is 0.497 e. The molecule has 0 radical (unpaired) electrons. The lowest BCUT2D eigenvalue weighted by Gasteiger charge is -1.98. The summed E-state index contributed by atoms with van der Waals surface area (Å²) in [5, 5.41) is 0. The minimum Gasteiger partial charge on any atom is -0.497 e. The normalized spacial score (nSPS) is 10.1. The van der Waals surface area contributed by atoms with Gasteiger partial charge in [0.1, 0.15) is 5.75 Å². The number of methoxy groups -OCH3 is 1. The number of hydrogen-bond acceptors (Lipinski definition) is 3. The van der Waals surface area contributed by atoms with Crippen LogP contribution in [0.2, 0.25) is 0 Å². The number of Topliss-reactive ketones (excluding diaryl/α,β-unsaturated/α-hetero) is 1. The Kier molecular flexibility index (Phi) is 3.63. The van der Waals surface area contributed by atoms with Crippen molar-refractivity contribution >= 4 is 16.8 Å². The Morgan fingerprint density at radius 2 is 2.00 bits per heavy atom. The second-order valence-electron chi connectivity index (χ2n) is 4.79. The third-order valence-electron chi connectivity index (χ3n) is 3.38. The van der Waals surface area contributed by atoms with Crippen molar-refractivity contribution in [2.45, 2.75) is 0 Å². The van der Waals surface area contributed by atoms with Crippen LogP contribution >= 0.6 is 0 Å². The molecule has 0 saturated carbocycles. The molecule has 3 aromatic rings. The first-order chi connectivity index (χ1) is 10.7. The van der Waals surface area contributed by atoms with E-state index in [4.69, 9.17) is 4.74 Å². The highest BCUT2D eigenvalue weighted by atomic mass is 16.5. The summed E-state index contributed by atoms with van der Waals surface area (Å²) in [7, 11) is 3.41. The topological polar surface area (TPSA) is 44.1 Å². The number of nitrogens with zero attached hydrogens (tertiary/aromatic N) is 2. The maximum Gasteiger partial charge on any atom is 0.271 e. The van der Waals surface area contributed by atoms with E-state index in [1.54, 1.807) is 17.7 Å². The van der Waals surface area contributed by atoms with Gasteiger partial charge in [0.25, 0.3) is 5.78 Å². The summed E-state index contributed by atoms with van der Waals surface area (Å²) in [6.07, 6.45) is 0. The van der Waals surface area contributed by atoms with Crippen molar-refractivity contribution in [2.75, 3.05) is 7.11 Å². The third kappa shape index (κ3) is 2.57. The molecule has 0 atom stereocenters. The van der Waals surface area contributed by atoms with E-state index in [1.807, 2.05) is 49.5 Å². The molecule has 0 aliphatic rings. The predicted octanol–water partition coefficient (Wildman–Crippen LogP) is 2.82. The lowest BCUT2D eigenvalue weighted by atomic mass is 10.2. The molecule has 1 heterocycles. The lowest BCUT2D eigenvalue weighted by molar-refractivity contribution is 0.104. The highest BCUT2D eigenvalue weighted by Gasteiger charge is 2.12. The highest BCUT2D eigenvalue weighted by molar-refractivity contribution is 6.08. The van der Waals surface area contributed by atoms with Crippen LogP contribution < -0.4 is 4.74 Å². The van der Waals surface area contributed by atoms with Gasteiger partial charge in [0.05, 0.1) is 18.1 Å². The van der Waals surface area contributed by atoms with E-state index in [-0.39, 0.29) is 5.78 Å². The van der Waals surface area contributed by atoms with Crippen LogP contribution in [-0.4, -0.2) is 22.4 Å². The van der Waals surface area contributed by atoms with Gasteiger partial charge in [0.15, 0.2) is 5.82 Å². The summed E-state index contributed by atoms with van der Waals surface area (Å²) < 4.78 is 6.90. The van der Waals surface area contributed by atoms with E-state index in [9.17, 15) is 4.79 Å². The van der Waals surface area contributed by atoms with Gasteiger partial charge in [-0.1, -0.05) is 24.1 Å². The molecule has 0 unspecified atom stereocenters. The fourth-order valence-electron chi connectivity index (χ4n) is 2.23. The first-order valence-electron chi connectivity index (χ1n) is 6.81. The van der Waals surface area contributed by atoms with Gasteiger partial charge >= 0.3 is 0 Å². The minimum absolute atomic E-state index is 0.304. The SMILES string of the molecule is COc1cccc(C#CC(=O)c2nc3ccccc3n2C)c1. The number of aryl methyl sites for hydroxylation is 1. The van der Waals surface area contributed by atoms with E-state index in [1.165, 1.54) is 0 Å². The molecule has 0 N–H and O–H groups in total. The van der Waals surface area contributed by atoms with Crippen molar-refractivity contribution in [3.05, 3.63) is 59.9 Å². The van der Waals surface area contributed by atoms with Crippen LogP contribution in [0.5, 0.6) is 5.75 Å². The van der Waals surface area contributed by atoms with Gasteiger partial charge in [-0.25, -0.2) is 4.98 Å². The Labute approximate surface area is 128 Å². The van der Waals surface area contributed by atoms with Crippen LogP contribution in [0.15, 0.2) is 48.5 Å². The molecule has 0 fully saturated rings. The van der Waals surface area contributed by atoms with Crippen molar-refractivity contribution in [2.24, 2.45) is 7.05 Å². The summed E-state index contributed by atoms with van der Waals surface area (Å²) in [6, 6.07) is 14.9. The molecule has 22 heavy (non-hydrogen) atoms. The number of carbonyl (C=O) groups excluding carboxylic acids is 1. The van der Waals surface area contributed by atoms with Crippen molar-refractivity contribution in [1.29, 1.82) is 0 Å². The second-order valence-corrected chi connectivity index (χ2v) is 4.79. The Morgan fingerprint density at radius 3 is 2.77 bits per heavy atom. The van der Waals surface area contributed by atoms with Gasteiger partial charge in [0, 0.05) is 12.6 Å². The number of aromatic nitrogens is 2. The molecule has 2 aromatic carbocycles. The van der Waals surface area contributed by atoms with Crippen LogP contribution in [0.1, 0.15) is 16.2 Å². The van der Waals surface area contributed by atoms with Crippen LogP contribution in [0.3, 0.4) is 0 Å². The Morgan fingerprint density at radius 1 is 1.18 bits per heavy atom. The van der Waals surface area contributed by atoms with Crippen LogP contribution in [0.4, 0.5) is 0 Å². The van der Waals surface area contributed by atoms with Crippen LogP contribution in [0.25, 0.3) is 11.0 Å². The maximum absolute atomic E-state index is 12.3. The zero-order chi connectivity index (χ0) is 15.5. The molecule has 0 saturated heterocycles. The Bertz CT molecular complexity index is 913. The molecule has 0 spiro atoms. The molecule has 0 aliphatic carbocycles. The second kappa shape index (κ2) is 5.74. The molecule has 3 rings (SSSR count). The van der Waals surface area contributed by atoms with Crippen molar-refractivity contribution in [3.8, 4) is 17.6 Å². The monoisotopic (exact) mass is 290 g/mol. The Hall–Kier alpha value is -3.06. The standard InChI is InChI=1S/C18H14N2O2/c1-20-16-9-4-3-8-15(16)19-18(20)17(21)11-10-13-6-5-7-14(12-13)22-2/h3-9,12H,1-2H3. The molecular formula is C18H14N2O2. The van der Waals surface area contributed by atoms with Crippen molar-refractivity contribution in [1.82, 2.24) is 9.55 Å². The van der Waals surface area contributed by atoms with Crippen LogP contribution in [-0.2, 0) is 7.05 Å². The summed E-state index contributed by atoms with van der Waals surface area (Å²) in [5.74, 6) is 6.25.